The number of benzene rings is 1. The average molecular weight is 336 g/mol. The summed E-state index contributed by atoms with van der Waals surface area (Å²) >= 11 is 3.37. The zero-order valence-electron chi connectivity index (χ0n) is 11.4. The predicted molar refractivity (Wildman–Crippen MR) is 80.2 cm³/mol. The third-order valence-electron chi connectivity index (χ3n) is 2.76. The van der Waals surface area contributed by atoms with Crippen LogP contribution in [0.2, 0.25) is 0 Å². The number of aryl methyl sites for hydroxylation is 2. The number of rotatable bonds is 3. The highest BCUT2D eigenvalue weighted by Crippen LogP contribution is 2.28. The fourth-order valence-electron chi connectivity index (χ4n) is 1.75. The molecule has 0 aliphatic heterocycles. The molecule has 0 aliphatic rings. The predicted octanol–water partition coefficient (Wildman–Crippen LogP) is 3.12. The Balaban J connectivity index is 2.32. The van der Waals surface area contributed by atoms with Gasteiger partial charge < -0.3 is 10.1 Å². The third-order valence-corrected chi connectivity index (χ3v) is 3.25. The molecule has 5 nitrogen and oxygen atoms in total. The van der Waals surface area contributed by atoms with E-state index in [2.05, 4.69) is 31.4 Å². The Hall–Kier alpha value is -1.95. The first kappa shape index (κ1) is 14.5. The number of hydrogen-bond donors (Lipinski definition) is 1. The Bertz CT molecular complexity index is 659. The van der Waals surface area contributed by atoms with Crippen LogP contribution in [0.4, 0.5) is 5.69 Å². The lowest BCUT2D eigenvalue weighted by atomic mass is 10.2. The molecular formula is C14H14BrN3O2. The summed E-state index contributed by atoms with van der Waals surface area (Å²) in [5.41, 5.74) is 2.38. The fraction of sp³-hybridized carbons (Fsp3) is 0.214. The highest BCUT2D eigenvalue weighted by molar-refractivity contribution is 9.10. The first-order chi connectivity index (χ1) is 9.51. The monoisotopic (exact) mass is 335 g/mol. The summed E-state index contributed by atoms with van der Waals surface area (Å²) in [5.74, 6) is 0.356. The van der Waals surface area contributed by atoms with Crippen molar-refractivity contribution < 1.29 is 9.53 Å². The summed E-state index contributed by atoms with van der Waals surface area (Å²) in [7, 11) is 1.56. The Kier molecular flexibility index (Phi) is 4.34. The molecule has 0 saturated heterocycles. The van der Waals surface area contributed by atoms with Crippen LogP contribution in [0.1, 0.15) is 21.7 Å². The van der Waals surface area contributed by atoms with Gasteiger partial charge in [0.05, 0.1) is 29.7 Å². The molecule has 0 saturated carbocycles. The van der Waals surface area contributed by atoms with Crippen molar-refractivity contribution in [1.29, 1.82) is 0 Å². The quantitative estimate of drug-likeness (QED) is 0.935. The lowest BCUT2D eigenvalue weighted by Gasteiger charge is -2.11. The lowest BCUT2D eigenvalue weighted by Crippen LogP contribution is -2.15. The smallest absolute Gasteiger partial charge is 0.257 e. The van der Waals surface area contributed by atoms with Crippen molar-refractivity contribution >= 4 is 27.5 Å². The average Bonchev–Trinajstić information content (AvgIpc) is 2.41. The molecule has 0 unspecified atom stereocenters. The summed E-state index contributed by atoms with van der Waals surface area (Å²) in [5, 5.41) is 10.7. The van der Waals surface area contributed by atoms with E-state index >= 15 is 0 Å². The van der Waals surface area contributed by atoms with Gasteiger partial charge in [-0.15, -0.1) is 0 Å². The van der Waals surface area contributed by atoms with Gasteiger partial charge in [-0.1, -0.05) is 15.9 Å². The van der Waals surface area contributed by atoms with Crippen LogP contribution in [0.5, 0.6) is 5.75 Å². The number of anilines is 1. The maximum atomic E-state index is 12.3. The van der Waals surface area contributed by atoms with Crippen molar-refractivity contribution in [3.05, 3.63) is 45.7 Å². The van der Waals surface area contributed by atoms with Crippen molar-refractivity contribution in [3.63, 3.8) is 0 Å². The molecule has 1 aromatic carbocycles. The van der Waals surface area contributed by atoms with Gasteiger partial charge in [0.1, 0.15) is 5.75 Å². The molecule has 0 bridgehead atoms. The number of hydrogen-bond acceptors (Lipinski definition) is 4. The number of nitrogens with zero attached hydrogens (tertiary/aromatic N) is 2. The van der Waals surface area contributed by atoms with Gasteiger partial charge in [0.15, 0.2) is 0 Å². The Morgan fingerprint density at radius 2 is 2.00 bits per heavy atom. The van der Waals surface area contributed by atoms with E-state index in [0.29, 0.717) is 28.4 Å². The van der Waals surface area contributed by atoms with Gasteiger partial charge in [-0.05, 0) is 38.1 Å². The second kappa shape index (κ2) is 6.00. The highest BCUT2D eigenvalue weighted by atomic mass is 79.9. The first-order valence-electron chi connectivity index (χ1n) is 5.97. The van der Waals surface area contributed by atoms with Crippen molar-refractivity contribution in [1.82, 2.24) is 10.2 Å². The van der Waals surface area contributed by atoms with Gasteiger partial charge >= 0.3 is 0 Å². The van der Waals surface area contributed by atoms with Crippen LogP contribution in [0.15, 0.2) is 28.7 Å². The Labute approximate surface area is 125 Å². The molecule has 1 aromatic heterocycles. The maximum absolute atomic E-state index is 12.3. The topological polar surface area (TPSA) is 64.1 Å². The highest BCUT2D eigenvalue weighted by Gasteiger charge is 2.14. The second-order valence-corrected chi connectivity index (χ2v) is 5.20. The number of ether oxygens (including phenoxy) is 1. The van der Waals surface area contributed by atoms with Gasteiger partial charge in [0.25, 0.3) is 5.91 Å². The summed E-state index contributed by atoms with van der Waals surface area (Å²) in [6.45, 7) is 3.54. The fourth-order valence-corrected chi connectivity index (χ4v) is 2.11. The van der Waals surface area contributed by atoms with Crippen molar-refractivity contribution in [3.8, 4) is 5.75 Å². The van der Waals surface area contributed by atoms with Gasteiger partial charge in [0, 0.05) is 4.47 Å². The van der Waals surface area contributed by atoms with E-state index in [1.807, 2.05) is 6.07 Å². The molecule has 1 amide bonds. The number of aromatic nitrogens is 2. The number of halogens is 1. The summed E-state index contributed by atoms with van der Waals surface area (Å²) in [6.07, 6.45) is 0. The van der Waals surface area contributed by atoms with Crippen molar-refractivity contribution in [2.45, 2.75) is 13.8 Å². The maximum Gasteiger partial charge on any atom is 0.257 e. The molecule has 20 heavy (non-hydrogen) atoms. The third kappa shape index (κ3) is 3.14. The minimum atomic E-state index is -0.239. The van der Waals surface area contributed by atoms with Crippen molar-refractivity contribution in [2.24, 2.45) is 0 Å². The minimum absolute atomic E-state index is 0.239. The Morgan fingerprint density at radius 3 is 2.70 bits per heavy atom. The van der Waals surface area contributed by atoms with Crippen LogP contribution in [-0.2, 0) is 0 Å². The van der Waals surface area contributed by atoms with Crippen LogP contribution < -0.4 is 10.1 Å². The van der Waals surface area contributed by atoms with E-state index in [0.717, 1.165) is 4.47 Å². The van der Waals surface area contributed by atoms with Gasteiger partial charge in [-0.25, -0.2) is 0 Å². The molecule has 2 rings (SSSR count). The van der Waals surface area contributed by atoms with Crippen molar-refractivity contribution in [2.75, 3.05) is 12.4 Å². The minimum Gasteiger partial charge on any atom is -0.495 e. The molecule has 0 aliphatic carbocycles. The van der Waals surface area contributed by atoms with Crippen LogP contribution in [0, 0.1) is 13.8 Å². The van der Waals surface area contributed by atoms with E-state index in [9.17, 15) is 4.79 Å². The summed E-state index contributed by atoms with van der Waals surface area (Å²) < 4.78 is 6.08. The molecule has 0 atom stereocenters. The number of nitrogens with one attached hydrogen (secondary N) is 1. The van der Waals surface area contributed by atoms with E-state index in [4.69, 9.17) is 4.74 Å². The van der Waals surface area contributed by atoms with Crippen LogP contribution in [-0.4, -0.2) is 23.2 Å². The first-order valence-corrected chi connectivity index (χ1v) is 6.76. The molecule has 2 aromatic rings. The molecule has 1 heterocycles. The Morgan fingerprint density at radius 1 is 1.25 bits per heavy atom. The lowest BCUT2D eigenvalue weighted by molar-refractivity contribution is 0.102. The summed E-state index contributed by atoms with van der Waals surface area (Å²) in [6, 6.07) is 7.12. The number of carbonyl (C=O) groups is 1. The standard InChI is InChI=1S/C14H14BrN3O2/c1-8-6-11(9(2)18-17-8)14(19)16-12-7-10(15)4-5-13(12)20-3/h4-7H,1-3H3,(H,16,19). The number of amides is 1. The molecule has 104 valence electrons. The second-order valence-electron chi connectivity index (χ2n) is 4.28. The van der Waals surface area contributed by atoms with E-state index < -0.39 is 0 Å². The van der Waals surface area contributed by atoms with E-state index in [-0.39, 0.29) is 5.91 Å². The molecule has 0 radical (unpaired) electrons. The van der Waals surface area contributed by atoms with Crippen LogP contribution in [0.3, 0.4) is 0 Å². The van der Waals surface area contributed by atoms with Gasteiger partial charge in [0.2, 0.25) is 0 Å². The normalized spacial score (nSPS) is 10.2. The molecule has 6 heteroatoms. The molecule has 0 fully saturated rings. The largest absolute Gasteiger partial charge is 0.495 e. The molecule has 1 N–H and O–H groups in total. The molecule has 0 spiro atoms. The van der Waals surface area contributed by atoms with Crippen LogP contribution in [0.25, 0.3) is 0 Å². The summed E-state index contributed by atoms with van der Waals surface area (Å²) in [4.78, 5) is 12.3. The van der Waals surface area contributed by atoms with E-state index in [1.54, 1.807) is 39.2 Å². The number of carbonyl (C=O) groups excluding carboxylic acids is 1. The molecular weight excluding hydrogens is 322 g/mol. The van der Waals surface area contributed by atoms with Gasteiger partial charge in [-0.2, -0.15) is 10.2 Å². The number of methoxy groups -OCH3 is 1. The zero-order valence-corrected chi connectivity index (χ0v) is 13.0. The zero-order chi connectivity index (χ0) is 14.7. The SMILES string of the molecule is COc1ccc(Br)cc1NC(=O)c1cc(C)nnc1C. The van der Waals surface area contributed by atoms with Gasteiger partial charge in [-0.3, -0.25) is 4.79 Å². The van der Waals surface area contributed by atoms with E-state index in [1.165, 1.54) is 0 Å². The van der Waals surface area contributed by atoms with Crippen LogP contribution >= 0.6 is 15.9 Å².